The van der Waals surface area contributed by atoms with E-state index in [1.807, 2.05) is 4.90 Å². The maximum atomic E-state index is 12.3. The molecule has 0 radical (unpaired) electrons. The van der Waals surface area contributed by atoms with Crippen molar-refractivity contribution in [3.05, 3.63) is 30.1 Å². The molecule has 21 heavy (non-hydrogen) atoms. The normalized spacial score (nSPS) is 25.9. The van der Waals surface area contributed by atoms with Crippen LogP contribution < -0.4 is 0 Å². The molecule has 1 amide bonds. The molecular formula is C14H19N3O3S. The second-order valence-electron chi connectivity index (χ2n) is 5.63. The molecule has 0 unspecified atom stereocenters. The van der Waals surface area contributed by atoms with E-state index in [9.17, 15) is 13.2 Å². The highest BCUT2D eigenvalue weighted by molar-refractivity contribution is 7.91. The zero-order valence-electron chi connectivity index (χ0n) is 11.8. The lowest BCUT2D eigenvalue weighted by molar-refractivity contribution is 0.0587. The number of amides is 1. The Balaban J connectivity index is 1.57. The Labute approximate surface area is 124 Å². The number of rotatable bonds is 2. The highest BCUT2D eigenvalue weighted by Gasteiger charge is 2.34. The van der Waals surface area contributed by atoms with Crippen LogP contribution in [0.1, 0.15) is 16.8 Å². The van der Waals surface area contributed by atoms with E-state index in [1.165, 1.54) is 0 Å². The molecule has 0 aliphatic carbocycles. The second-order valence-corrected chi connectivity index (χ2v) is 7.86. The molecule has 2 fully saturated rings. The van der Waals surface area contributed by atoms with Crippen LogP contribution in [-0.4, -0.2) is 72.8 Å². The molecule has 1 atom stereocenters. The molecule has 0 N–H and O–H groups in total. The summed E-state index contributed by atoms with van der Waals surface area (Å²) in [6, 6.07) is 3.66. The van der Waals surface area contributed by atoms with Crippen LogP contribution in [0.5, 0.6) is 0 Å². The van der Waals surface area contributed by atoms with E-state index in [1.54, 1.807) is 24.5 Å². The van der Waals surface area contributed by atoms with E-state index in [-0.39, 0.29) is 17.7 Å². The highest BCUT2D eigenvalue weighted by atomic mass is 32.2. The summed E-state index contributed by atoms with van der Waals surface area (Å²) in [5.41, 5.74) is 0.606. The van der Waals surface area contributed by atoms with Crippen molar-refractivity contribution >= 4 is 15.7 Å². The number of carbonyl (C=O) groups is 1. The zero-order valence-corrected chi connectivity index (χ0v) is 12.6. The van der Waals surface area contributed by atoms with E-state index in [4.69, 9.17) is 0 Å². The summed E-state index contributed by atoms with van der Waals surface area (Å²) in [6.45, 7) is 2.77. The molecule has 1 aromatic rings. The lowest BCUT2D eigenvalue weighted by atomic mass is 10.1. The zero-order chi connectivity index (χ0) is 14.9. The van der Waals surface area contributed by atoms with E-state index in [0.717, 1.165) is 19.5 Å². The summed E-state index contributed by atoms with van der Waals surface area (Å²) in [6.07, 6.45) is 3.95. The van der Waals surface area contributed by atoms with Crippen molar-refractivity contribution in [3.63, 3.8) is 0 Å². The van der Waals surface area contributed by atoms with Gasteiger partial charge in [-0.3, -0.25) is 14.7 Å². The summed E-state index contributed by atoms with van der Waals surface area (Å²) in [5, 5.41) is 0. The average Bonchev–Trinajstić information content (AvgIpc) is 2.88. The van der Waals surface area contributed by atoms with E-state index in [2.05, 4.69) is 9.88 Å². The van der Waals surface area contributed by atoms with E-state index >= 15 is 0 Å². The van der Waals surface area contributed by atoms with Crippen LogP contribution in [0.4, 0.5) is 0 Å². The number of hydrogen-bond donors (Lipinski definition) is 0. The number of hydrogen-bond acceptors (Lipinski definition) is 5. The average molecular weight is 309 g/mol. The third kappa shape index (κ3) is 3.24. The van der Waals surface area contributed by atoms with Gasteiger partial charge in [-0.15, -0.1) is 0 Å². The Morgan fingerprint density at radius 2 is 2.00 bits per heavy atom. The van der Waals surface area contributed by atoms with Crippen molar-refractivity contribution in [3.8, 4) is 0 Å². The predicted octanol–water partition coefficient (Wildman–Crippen LogP) is 0.0265. The monoisotopic (exact) mass is 309 g/mol. The number of carbonyl (C=O) groups excluding carboxylic acids is 1. The van der Waals surface area contributed by atoms with Gasteiger partial charge in [0.05, 0.1) is 17.1 Å². The van der Waals surface area contributed by atoms with Gasteiger partial charge in [0, 0.05) is 44.6 Å². The lowest BCUT2D eigenvalue weighted by Crippen LogP contribution is -2.52. The van der Waals surface area contributed by atoms with Gasteiger partial charge in [0.2, 0.25) is 0 Å². The van der Waals surface area contributed by atoms with Crippen LogP contribution in [-0.2, 0) is 9.84 Å². The van der Waals surface area contributed by atoms with Gasteiger partial charge in [-0.1, -0.05) is 0 Å². The van der Waals surface area contributed by atoms with Gasteiger partial charge in [-0.2, -0.15) is 0 Å². The lowest BCUT2D eigenvalue weighted by Gasteiger charge is -2.37. The Morgan fingerprint density at radius 3 is 2.57 bits per heavy atom. The van der Waals surface area contributed by atoms with Gasteiger partial charge < -0.3 is 4.90 Å². The van der Waals surface area contributed by atoms with Crippen LogP contribution >= 0.6 is 0 Å². The van der Waals surface area contributed by atoms with Crippen molar-refractivity contribution in [1.29, 1.82) is 0 Å². The molecule has 3 heterocycles. The first kappa shape index (κ1) is 14.5. The summed E-state index contributed by atoms with van der Waals surface area (Å²) in [7, 11) is -2.85. The molecule has 1 aromatic heterocycles. The van der Waals surface area contributed by atoms with Crippen LogP contribution in [0, 0.1) is 0 Å². The molecule has 3 rings (SSSR count). The molecule has 0 bridgehead atoms. The van der Waals surface area contributed by atoms with Crippen molar-refractivity contribution in [1.82, 2.24) is 14.8 Å². The van der Waals surface area contributed by atoms with Crippen molar-refractivity contribution < 1.29 is 13.2 Å². The second kappa shape index (κ2) is 5.73. The van der Waals surface area contributed by atoms with Crippen LogP contribution in [0.3, 0.4) is 0 Å². The van der Waals surface area contributed by atoms with Gasteiger partial charge in [0.25, 0.3) is 5.91 Å². The van der Waals surface area contributed by atoms with E-state index < -0.39 is 9.84 Å². The molecule has 7 heteroatoms. The minimum atomic E-state index is -2.85. The minimum Gasteiger partial charge on any atom is -0.336 e. The topological polar surface area (TPSA) is 70.6 Å². The quantitative estimate of drug-likeness (QED) is 0.770. The number of sulfone groups is 1. The number of pyridine rings is 1. The highest BCUT2D eigenvalue weighted by Crippen LogP contribution is 2.19. The Hall–Kier alpha value is -1.47. The summed E-state index contributed by atoms with van der Waals surface area (Å²) in [5.74, 6) is 0.567. The van der Waals surface area contributed by atoms with Crippen LogP contribution in [0.25, 0.3) is 0 Å². The largest absolute Gasteiger partial charge is 0.336 e. The molecule has 114 valence electrons. The first-order valence-corrected chi connectivity index (χ1v) is 9.01. The summed E-state index contributed by atoms with van der Waals surface area (Å²) in [4.78, 5) is 20.3. The first-order valence-electron chi connectivity index (χ1n) is 7.19. The molecule has 0 aromatic carbocycles. The van der Waals surface area contributed by atoms with Crippen LogP contribution in [0.2, 0.25) is 0 Å². The summed E-state index contributed by atoms with van der Waals surface area (Å²) >= 11 is 0. The molecule has 0 saturated carbocycles. The Morgan fingerprint density at radius 1 is 1.24 bits per heavy atom. The van der Waals surface area contributed by atoms with Crippen molar-refractivity contribution in [2.24, 2.45) is 0 Å². The number of aromatic nitrogens is 1. The first-order chi connectivity index (χ1) is 10.1. The molecule has 0 spiro atoms. The van der Waals surface area contributed by atoms with Crippen molar-refractivity contribution in [2.45, 2.75) is 12.5 Å². The maximum absolute atomic E-state index is 12.3. The third-order valence-corrected chi connectivity index (χ3v) is 5.99. The van der Waals surface area contributed by atoms with Gasteiger partial charge in [0.15, 0.2) is 9.84 Å². The van der Waals surface area contributed by atoms with Crippen LogP contribution in [0.15, 0.2) is 24.5 Å². The van der Waals surface area contributed by atoms with E-state index in [0.29, 0.717) is 24.4 Å². The standard InChI is InChI=1S/C14H19N3O3S/c18-14(12-2-1-4-15-10-12)17-7-5-16(6-8-17)13-3-9-21(19,20)11-13/h1-2,4,10,13H,3,5-9,11H2/t13-/m1/s1. The Kier molecular flexibility index (Phi) is 3.95. The Bertz CT molecular complexity index is 610. The number of piperazine rings is 1. The third-order valence-electron chi connectivity index (χ3n) is 4.23. The fourth-order valence-electron chi connectivity index (χ4n) is 3.03. The van der Waals surface area contributed by atoms with Gasteiger partial charge in [0.1, 0.15) is 0 Å². The maximum Gasteiger partial charge on any atom is 0.255 e. The molecular weight excluding hydrogens is 290 g/mol. The molecule has 6 nitrogen and oxygen atoms in total. The van der Waals surface area contributed by atoms with Gasteiger partial charge in [-0.05, 0) is 18.6 Å². The molecule has 2 aliphatic heterocycles. The van der Waals surface area contributed by atoms with Crippen molar-refractivity contribution in [2.75, 3.05) is 37.7 Å². The molecule has 2 saturated heterocycles. The fourth-order valence-corrected chi connectivity index (χ4v) is 4.79. The number of nitrogens with zero attached hydrogens (tertiary/aromatic N) is 3. The minimum absolute atomic E-state index is 0.00166. The molecule has 2 aliphatic rings. The fraction of sp³-hybridized carbons (Fsp3) is 0.571. The summed E-state index contributed by atoms with van der Waals surface area (Å²) < 4.78 is 23.1. The smallest absolute Gasteiger partial charge is 0.255 e. The predicted molar refractivity (Wildman–Crippen MR) is 78.8 cm³/mol. The van der Waals surface area contributed by atoms with Gasteiger partial charge in [-0.25, -0.2) is 8.42 Å². The van der Waals surface area contributed by atoms with Gasteiger partial charge >= 0.3 is 0 Å². The SMILES string of the molecule is O=C(c1cccnc1)N1CCN([C@@H]2CCS(=O)(=O)C2)CC1.